The van der Waals surface area contributed by atoms with Gasteiger partial charge >= 0.3 is 6.61 Å². The zero-order chi connectivity index (χ0) is 14.8. The van der Waals surface area contributed by atoms with Crippen LogP contribution in [0.4, 0.5) is 14.5 Å². The number of amides is 1. The van der Waals surface area contributed by atoms with Crippen molar-refractivity contribution in [2.75, 3.05) is 11.9 Å². The van der Waals surface area contributed by atoms with Gasteiger partial charge in [0.25, 0.3) is 0 Å². The summed E-state index contributed by atoms with van der Waals surface area (Å²) in [7, 11) is 0. The number of benzene rings is 1. The molecule has 2 fully saturated rings. The van der Waals surface area contributed by atoms with Crippen molar-refractivity contribution in [2.24, 2.45) is 11.8 Å². The van der Waals surface area contributed by atoms with Crippen LogP contribution in [0.1, 0.15) is 19.3 Å². The molecule has 1 aliphatic carbocycles. The minimum absolute atomic E-state index is 0.0491. The Morgan fingerprint density at radius 2 is 2.05 bits per heavy atom. The molecule has 3 rings (SSSR count). The van der Waals surface area contributed by atoms with Crippen LogP contribution in [0.25, 0.3) is 0 Å². The lowest BCUT2D eigenvalue weighted by molar-refractivity contribution is -0.118. The van der Waals surface area contributed by atoms with Crippen molar-refractivity contribution in [1.82, 2.24) is 5.32 Å². The second-order valence-corrected chi connectivity index (χ2v) is 5.63. The maximum absolute atomic E-state index is 12.3. The highest BCUT2D eigenvalue weighted by Gasteiger charge is 2.42. The van der Waals surface area contributed by atoms with Crippen LogP contribution < -0.4 is 15.4 Å². The van der Waals surface area contributed by atoms with Gasteiger partial charge in [0.1, 0.15) is 5.75 Å². The second kappa shape index (κ2) is 5.97. The van der Waals surface area contributed by atoms with Crippen LogP contribution in [-0.2, 0) is 4.79 Å². The number of ether oxygens (including phenoxy) is 1. The molecule has 1 saturated heterocycles. The molecule has 2 N–H and O–H groups in total. The van der Waals surface area contributed by atoms with Gasteiger partial charge < -0.3 is 15.4 Å². The van der Waals surface area contributed by atoms with Crippen molar-refractivity contribution in [3.8, 4) is 5.75 Å². The lowest BCUT2D eigenvalue weighted by atomic mass is 9.93. The molecule has 1 saturated carbocycles. The quantitative estimate of drug-likeness (QED) is 0.898. The molecular weight excluding hydrogens is 278 g/mol. The maximum Gasteiger partial charge on any atom is 0.387 e. The molecule has 0 spiro atoms. The summed E-state index contributed by atoms with van der Waals surface area (Å²) in [5, 5.41) is 6.11. The molecule has 4 nitrogen and oxygen atoms in total. The zero-order valence-electron chi connectivity index (χ0n) is 11.5. The van der Waals surface area contributed by atoms with Gasteiger partial charge in [-0.1, -0.05) is 6.42 Å². The highest BCUT2D eigenvalue weighted by atomic mass is 19.3. The molecule has 0 bridgehead atoms. The summed E-state index contributed by atoms with van der Waals surface area (Å²) in [4.78, 5) is 12.3. The Morgan fingerprint density at radius 1 is 1.29 bits per heavy atom. The molecule has 6 heteroatoms. The summed E-state index contributed by atoms with van der Waals surface area (Å²) in [5.41, 5.74) is 0.588. The first-order valence-corrected chi connectivity index (χ1v) is 7.22. The van der Waals surface area contributed by atoms with Crippen LogP contribution in [0.5, 0.6) is 5.75 Å². The Morgan fingerprint density at radius 3 is 2.76 bits per heavy atom. The van der Waals surface area contributed by atoms with E-state index in [9.17, 15) is 13.6 Å². The van der Waals surface area contributed by atoms with E-state index in [-0.39, 0.29) is 17.7 Å². The number of carbonyl (C=O) groups is 1. The molecule has 3 unspecified atom stereocenters. The number of alkyl halides is 2. The topological polar surface area (TPSA) is 50.4 Å². The number of nitrogens with one attached hydrogen (secondary N) is 2. The fraction of sp³-hybridized carbons (Fsp3) is 0.533. The Kier molecular flexibility index (Phi) is 4.05. The normalized spacial score (nSPS) is 27.7. The highest BCUT2D eigenvalue weighted by Crippen LogP contribution is 2.38. The Bertz CT molecular complexity index is 507. The molecule has 0 aromatic heterocycles. The molecule has 0 radical (unpaired) electrons. The van der Waals surface area contributed by atoms with Gasteiger partial charge in [-0.25, -0.2) is 0 Å². The number of carbonyl (C=O) groups excluding carboxylic acids is 1. The summed E-state index contributed by atoms with van der Waals surface area (Å²) >= 11 is 0. The highest BCUT2D eigenvalue weighted by molar-refractivity contribution is 5.95. The van der Waals surface area contributed by atoms with E-state index in [2.05, 4.69) is 15.4 Å². The predicted molar refractivity (Wildman–Crippen MR) is 74.3 cm³/mol. The fourth-order valence-corrected chi connectivity index (χ4v) is 3.41. The number of hydrogen-bond donors (Lipinski definition) is 2. The molecule has 114 valence electrons. The predicted octanol–water partition coefficient (Wildman–Crippen LogP) is 2.61. The zero-order valence-corrected chi connectivity index (χ0v) is 11.5. The van der Waals surface area contributed by atoms with Crippen molar-refractivity contribution >= 4 is 11.6 Å². The third kappa shape index (κ3) is 3.15. The van der Waals surface area contributed by atoms with Crippen molar-refractivity contribution in [1.29, 1.82) is 0 Å². The summed E-state index contributed by atoms with van der Waals surface area (Å²) < 4.78 is 28.4. The van der Waals surface area contributed by atoms with Crippen molar-refractivity contribution < 1.29 is 18.3 Å². The van der Waals surface area contributed by atoms with Gasteiger partial charge in [-0.15, -0.1) is 0 Å². The van der Waals surface area contributed by atoms with Crippen molar-refractivity contribution in [3.05, 3.63) is 24.3 Å². The third-order valence-electron chi connectivity index (χ3n) is 4.38. The minimum Gasteiger partial charge on any atom is -0.435 e. The van der Waals surface area contributed by atoms with Gasteiger partial charge in [0, 0.05) is 5.69 Å². The van der Waals surface area contributed by atoms with Gasteiger partial charge in [-0.05, 0) is 55.5 Å². The van der Waals surface area contributed by atoms with E-state index >= 15 is 0 Å². The van der Waals surface area contributed by atoms with Crippen molar-refractivity contribution in [3.63, 3.8) is 0 Å². The fourth-order valence-electron chi connectivity index (χ4n) is 3.41. The summed E-state index contributed by atoms with van der Waals surface area (Å²) in [6.45, 7) is -1.93. The molecule has 1 heterocycles. The van der Waals surface area contributed by atoms with Crippen molar-refractivity contribution in [2.45, 2.75) is 31.9 Å². The number of halogens is 2. The standard InChI is InChI=1S/C15H18F2N2O2/c16-15(17)21-11-6-4-10(5-7-11)19-14(20)13-12-3-1-2-9(12)8-18-13/h4-7,9,12-13,15,18H,1-3,8H2,(H,19,20). The van der Waals surface area contributed by atoms with Gasteiger partial charge in [-0.3, -0.25) is 4.79 Å². The lowest BCUT2D eigenvalue weighted by Crippen LogP contribution is -2.39. The molecule has 1 amide bonds. The Balaban J connectivity index is 1.59. The largest absolute Gasteiger partial charge is 0.435 e. The molecule has 21 heavy (non-hydrogen) atoms. The molecule has 1 aliphatic heterocycles. The van der Waals surface area contributed by atoms with E-state index in [0.717, 1.165) is 13.0 Å². The SMILES string of the molecule is O=C(Nc1ccc(OC(F)F)cc1)C1NCC2CCCC21. The van der Waals surface area contributed by atoms with Crippen LogP contribution in [0.2, 0.25) is 0 Å². The Labute approximate surface area is 121 Å². The Hall–Kier alpha value is -1.69. The summed E-state index contributed by atoms with van der Waals surface area (Å²) in [6.07, 6.45) is 3.48. The van der Waals surface area contributed by atoms with Crippen LogP contribution in [0.3, 0.4) is 0 Å². The number of fused-ring (bicyclic) bond motifs is 1. The molecule has 2 aliphatic rings. The number of rotatable bonds is 4. The van der Waals surface area contributed by atoms with E-state index in [4.69, 9.17) is 0 Å². The molecule has 1 aromatic rings. The average Bonchev–Trinajstić information content (AvgIpc) is 3.02. The first-order valence-electron chi connectivity index (χ1n) is 7.22. The third-order valence-corrected chi connectivity index (χ3v) is 4.38. The van der Waals surface area contributed by atoms with Crippen LogP contribution in [0.15, 0.2) is 24.3 Å². The first kappa shape index (κ1) is 14.3. The summed E-state index contributed by atoms with van der Waals surface area (Å²) in [5.74, 6) is 1.07. The van der Waals surface area contributed by atoms with E-state index < -0.39 is 6.61 Å². The molecule has 1 aromatic carbocycles. The second-order valence-electron chi connectivity index (χ2n) is 5.63. The van der Waals surface area contributed by atoms with E-state index in [1.807, 2.05) is 0 Å². The van der Waals surface area contributed by atoms with Gasteiger partial charge in [0.05, 0.1) is 6.04 Å². The lowest BCUT2D eigenvalue weighted by Gasteiger charge is -2.17. The number of hydrogen-bond acceptors (Lipinski definition) is 3. The van der Waals surface area contributed by atoms with Crippen LogP contribution in [-0.4, -0.2) is 25.1 Å². The summed E-state index contributed by atoms with van der Waals surface area (Å²) in [6, 6.07) is 5.83. The molecular formula is C15H18F2N2O2. The number of anilines is 1. The van der Waals surface area contributed by atoms with E-state index in [1.54, 1.807) is 12.1 Å². The van der Waals surface area contributed by atoms with Crippen LogP contribution >= 0.6 is 0 Å². The van der Waals surface area contributed by atoms with Gasteiger partial charge in [0.2, 0.25) is 5.91 Å². The van der Waals surface area contributed by atoms with Gasteiger partial charge in [-0.2, -0.15) is 8.78 Å². The van der Waals surface area contributed by atoms with Gasteiger partial charge in [0.15, 0.2) is 0 Å². The first-order chi connectivity index (χ1) is 10.1. The van der Waals surface area contributed by atoms with E-state index in [0.29, 0.717) is 17.5 Å². The van der Waals surface area contributed by atoms with Crippen LogP contribution in [0, 0.1) is 11.8 Å². The van der Waals surface area contributed by atoms with E-state index in [1.165, 1.54) is 25.0 Å². The smallest absolute Gasteiger partial charge is 0.387 e. The average molecular weight is 296 g/mol. The minimum atomic E-state index is -2.84. The maximum atomic E-state index is 12.3. The monoisotopic (exact) mass is 296 g/mol. The molecule has 3 atom stereocenters.